The van der Waals surface area contributed by atoms with Gasteiger partial charge in [-0.3, -0.25) is 0 Å². The molecule has 0 aliphatic heterocycles. The molecule has 0 radical (unpaired) electrons. The van der Waals surface area contributed by atoms with Gasteiger partial charge in [0.2, 0.25) is 0 Å². The Morgan fingerprint density at radius 1 is 1.28 bits per heavy atom. The van der Waals surface area contributed by atoms with E-state index in [9.17, 15) is 9.18 Å². The predicted octanol–water partition coefficient (Wildman–Crippen LogP) is 3.53. The van der Waals surface area contributed by atoms with Gasteiger partial charge in [0, 0.05) is 6.04 Å². The first kappa shape index (κ1) is 12.9. The molecule has 1 aliphatic rings. The number of halogens is 1. The predicted molar refractivity (Wildman–Crippen MR) is 70.0 cm³/mol. The first-order valence-corrected chi connectivity index (χ1v) is 6.49. The van der Waals surface area contributed by atoms with Gasteiger partial charge in [0.05, 0.1) is 5.69 Å². The van der Waals surface area contributed by atoms with Gasteiger partial charge in [0.25, 0.3) is 0 Å². The second kappa shape index (κ2) is 5.85. The van der Waals surface area contributed by atoms with Gasteiger partial charge >= 0.3 is 6.03 Å². The zero-order chi connectivity index (χ0) is 13.0. The van der Waals surface area contributed by atoms with Crippen LogP contribution in [0.2, 0.25) is 0 Å². The smallest absolute Gasteiger partial charge is 0.319 e. The van der Waals surface area contributed by atoms with Crippen LogP contribution in [0.1, 0.15) is 32.6 Å². The molecule has 98 valence electrons. The average Bonchev–Trinajstić information content (AvgIpc) is 2.35. The molecule has 1 saturated carbocycles. The summed E-state index contributed by atoms with van der Waals surface area (Å²) in [6, 6.07) is 6.06. The molecule has 18 heavy (non-hydrogen) atoms. The molecule has 1 fully saturated rings. The van der Waals surface area contributed by atoms with Crippen molar-refractivity contribution in [1.82, 2.24) is 5.32 Å². The molecule has 2 rings (SSSR count). The fourth-order valence-corrected chi connectivity index (χ4v) is 2.42. The first-order valence-electron chi connectivity index (χ1n) is 6.49. The maximum atomic E-state index is 13.4. The van der Waals surface area contributed by atoms with Crippen LogP contribution < -0.4 is 10.6 Å². The third kappa shape index (κ3) is 3.22. The average molecular weight is 250 g/mol. The van der Waals surface area contributed by atoms with Crippen molar-refractivity contribution < 1.29 is 9.18 Å². The minimum Gasteiger partial charge on any atom is -0.335 e. The molecule has 0 saturated heterocycles. The topological polar surface area (TPSA) is 41.1 Å². The van der Waals surface area contributed by atoms with Crippen molar-refractivity contribution in [3.8, 4) is 0 Å². The van der Waals surface area contributed by atoms with Crippen LogP contribution in [0.15, 0.2) is 24.3 Å². The quantitative estimate of drug-likeness (QED) is 0.828. The molecule has 2 unspecified atom stereocenters. The number of nitrogens with one attached hydrogen (secondary N) is 2. The Morgan fingerprint density at radius 3 is 2.72 bits per heavy atom. The Balaban J connectivity index is 1.90. The highest BCUT2D eigenvalue weighted by Crippen LogP contribution is 2.23. The lowest BCUT2D eigenvalue weighted by atomic mass is 9.86. The van der Waals surface area contributed by atoms with Gasteiger partial charge in [-0.2, -0.15) is 0 Å². The molecule has 0 heterocycles. The minimum atomic E-state index is -0.413. The molecule has 0 spiro atoms. The van der Waals surface area contributed by atoms with E-state index < -0.39 is 5.82 Å². The Morgan fingerprint density at radius 2 is 2.00 bits per heavy atom. The highest BCUT2D eigenvalue weighted by molar-refractivity contribution is 5.89. The van der Waals surface area contributed by atoms with Crippen LogP contribution >= 0.6 is 0 Å². The van der Waals surface area contributed by atoms with Crippen molar-refractivity contribution in [2.24, 2.45) is 5.92 Å². The number of rotatable bonds is 2. The summed E-state index contributed by atoms with van der Waals surface area (Å²) in [6.45, 7) is 2.15. The summed E-state index contributed by atoms with van der Waals surface area (Å²) in [5.41, 5.74) is 0.221. The Kier molecular flexibility index (Phi) is 4.18. The number of anilines is 1. The number of carbonyl (C=O) groups is 1. The molecule has 2 N–H and O–H groups in total. The van der Waals surface area contributed by atoms with Gasteiger partial charge in [-0.15, -0.1) is 0 Å². The number of hydrogen-bond donors (Lipinski definition) is 2. The fourth-order valence-electron chi connectivity index (χ4n) is 2.42. The summed E-state index contributed by atoms with van der Waals surface area (Å²) in [7, 11) is 0. The SMILES string of the molecule is CC1CCCCC1NC(=O)Nc1ccccc1F. The summed E-state index contributed by atoms with van der Waals surface area (Å²) in [4.78, 5) is 11.8. The van der Waals surface area contributed by atoms with E-state index in [0.717, 1.165) is 19.3 Å². The van der Waals surface area contributed by atoms with Crippen LogP contribution in [0.5, 0.6) is 0 Å². The maximum Gasteiger partial charge on any atom is 0.319 e. The van der Waals surface area contributed by atoms with E-state index in [2.05, 4.69) is 17.6 Å². The maximum absolute atomic E-state index is 13.4. The number of para-hydroxylation sites is 1. The Bertz CT molecular complexity index is 422. The molecule has 1 aliphatic carbocycles. The third-order valence-electron chi connectivity index (χ3n) is 3.55. The summed E-state index contributed by atoms with van der Waals surface area (Å²) in [5, 5.41) is 5.48. The molecule has 1 aromatic carbocycles. The molecular weight excluding hydrogens is 231 g/mol. The van der Waals surface area contributed by atoms with Crippen molar-refractivity contribution in [2.45, 2.75) is 38.6 Å². The van der Waals surface area contributed by atoms with Crippen LogP contribution in [0.4, 0.5) is 14.9 Å². The van der Waals surface area contributed by atoms with Gasteiger partial charge in [0.1, 0.15) is 5.82 Å². The molecule has 0 bridgehead atoms. The largest absolute Gasteiger partial charge is 0.335 e. The van der Waals surface area contributed by atoms with Crippen molar-refractivity contribution in [1.29, 1.82) is 0 Å². The molecule has 3 nitrogen and oxygen atoms in total. The monoisotopic (exact) mass is 250 g/mol. The minimum absolute atomic E-state index is 0.200. The van der Waals surface area contributed by atoms with Crippen LogP contribution in [0, 0.1) is 11.7 Å². The van der Waals surface area contributed by atoms with E-state index in [0.29, 0.717) is 5.92 Å². The lowest BCUT2D eigenvalue weighted by Gasteiger charge is -2.29. The third-order valence-corrected chi connectivity index (χ3v) is 3.55. The van der Waals surface area contributed by atoms with E-state index in [1.807, 2.05) is 0 Å². The summed E-state index contributed by atoms with van der Waals surface area (Å²) in [5.74, 6) is 0.0782. The Hall–Kier alpha value is -1.58. The lowest BCUT2D eigenvalue weighted by molar-refractivity contribution is 0.232. The molecule has 4 heteroatoms. The van der Waals surface area contributed by atoms with Crippen molar-refractivity contribution in [2.75, 3.05) is 5.32 Å². The summed E-state index contributed by atoms with van der Waals surface area (Å²) < 4.78 is 13.4. The van der Waals surface area contributed by atoms with Crippen molar-refractivity contribution in [3.63, 3.8) is 0 Å². The number of urea groups is 1. The van der Waals surface area contributed by atoms with E-state index in [-0.39, 0.29) is 17.8 Å². The van der Waals surface area contributed by atoms with Crippen LogP contribution in [0.25, 0.3) is 0 Å². The van der Waals surface area contributed by atoms with Crippen molar-refractivity contribution >= 4 is 11.7 Å². The van der Waals surface area contributed by atoms with Gasteiger partial charge < -0.3 is 10.6 Å². The summed E-state index contributed by atoms with van der Waals surface area (Å²) in [6.07, 6.45) is 4.53. The highest BCUT2D eigenvalue weighted by atomic mass is 19.1. The standard InChI is InChI=1S/C14H19FN2O/c1-10-6-2-4-8-12(10)16-14(18)17-13-9-5-3-7-11(13)15/h3,5,7,9-10,12H,2,4,6,8H2,1H3,(H2,16,17,18). The molecule has 1 aromatic rings. The number of amides is 2. The number of benzene rings is 1. The van der Waals surface area contributed by atoms with Gasteiger partial charge in [-0.1, -0.05) is 31.9 Å². The van der Waals surface area contributed by atoms with Crippen molar-refractivity contribution in [3.05, 3.63) is 30.1 Å². The van der Waals surface area contributed by atoms with Gasteiger partial charge in [0.15, 0.2) is 0 Å². The molecule has 2 atom stereocenters. The van der Waals surface area contributed by atoms with E-state index in [1.54, 1.807) is 18.2 Å². The molecule has 0 aromatic heterocycles. The second-order valence-electron chi connectivity index (χ2n) is 4.95. The lowest BCUT2D eigenvalue weighted by Crippen LogP contribution is -2.43. The Labute approximate surface area is 107 Å². The zero-order valence-electron chi connectivity index (χ0n) is 10.6. The fraction of sp³-hybridized carbons (Fsp3) is 0.500. The van der Waals surface area contributed by atoms with Gasteiger partial charge in [-0.05, 0) is 30.9 Å². The van der Waals surface area contributed by atoms with E-state index in [1.165, 1.54) is 12.5 Å². The molecule has 2 amide bonds. The van der Waals surface area contributed by atoms with Gasteiger partial charge in [-0.25, -0.2) is 9.18 Å². The van der Waals surface area contributed by atoms with Crippen LogP contribution in [-0.4, -0.2) is 12.1 Å². The number of hydrogen-bond acceptors (Lipinski definition) is 1. The zero-order valence-corrected chi connectivity index (χ0v) is 10.6. The summed E-state index contributed by atoms with van der Waals surface area (Å²) >= 11 is 0. The molecular formula is C14H19FN2O. The first-order chi connectivity index (χ1) is 8.66. The second-order valence-corrected chi connectivity index (χ2v) is 4.95. The van der Waals surface area contributed by atoms with Crippen LogP contribution in [0.3, 0.4) is 0 Å². The normalized spacial score (nSPS) is 23.4. The van der Waals surface area contributed by atoms with E-state index >= 15 is 0 Å². The van der Waals surface area contributed by atoms with E-state index in [4.69, 9.17) is 0 Å². The van der Waals surface area contributed by atoms with Crippen LogP contribution in [-0.2, 0) is 0 Å². The highest BCUT2D eigenvalue weighted by Gasteiger charge is 2.22. The number of carbonyl (C=O) groups excluding carboxylic acids is 1.